The van der Waals surface area contributed by atoms with Crippen LogP contribution in [0.3, 0.4) is 0 Å². The van der Waals surface area contributed by atoms with Gasteiger partial charge in [0.1, 0.15) is 5.75 Å². The number of aliphatic hydroxyl groups is 1. The molecule has 7 heteroatoms. The Morgan fingerprint density at radius 2 is 2.03 bits per heavy atom. The van der Waals surface area contributed by atoms with Crippen LogP contribution < -0.4 is 10.6 Å². The predicted molar refractivity (Wildman–Crippen MR) is 123 cm³/mol. The second-order valence-electron chi connectivity index (χ2n) is 9.43. The van der Waals surface area contributed by atoms with Crippen molar-refractivity contribution in [2.24, 2.45) is 0 Å². The van der Waals surface area contributed by atoms with Gasteiger partial charge in [-0.15, -0.1) is 0 Å². The van der Waals surface area contributed by atoms with Crippen LogP contribution in [0.4, 0.5) is 5.69 Å². The van der Waals surface area contributed by atoms with Crippen LogP contribution in [0.25, 0.3) is 0 Å². The summed E-state index contributed by atoms with van der Waals surface area (Å²) in [6.07, 6.45) is 8.81. The first-order valence-corrected chi connectivity index (χ1v) is 11.5. The van der Waals surface area contributed by atoms with E-state index in [1.54, 1.807) is 12.1 Å². The smallest absolute Gasteiger partial charge is 0.234 e. The number of amides is 1. The van der Waals surface area contributed by atoms with E-state index in [1.165, 1.54) is 5.57 Å². The van der Waals surface area contributed by atoms with E-state index in [0.717, 1.165) is 50.0 Å². The van der Waals surface area contributed by atoms with Gasteiger partial charge in [0.25, 0.3) is 0 Å². The monoisotopic (exact) mass is 439 g/mol. The fourth-order valence-corrected chi connectivity index (χ4v) is 5.07. The maximum Gasteiger partial charge on any atom is 0.234 e. The number of piperidine rings is 1. The first-order valence-electron chi connectivity index (χ1n) is 11.5. The molecule has 1 aliphatic heterocycles. The number of hydrogen-bond donors (Lipinski definition) is 4. The van der Waals surface area contributed by atoms with Crippen molar-refractivity contribution in [3.05, 3.63) is 47.1 Å². The molecule has 0 radical (unpaired) electrons. The molecule has 0 saturated carbocycles. The zero-order valence-electron chi connectivity index (χ0n) is 18.7. The Bertz CT molecular complexity index is 947. The normalized spacial score (nSPS) is 24.4. The minimum absolute atomic E-state index is 0.00490. The van der Waals surface area contributed by atoms with Crippen LogP contribution in [0.1, 0.15) is 51.0 Å². The summed E-state index contributed by atoms with van der Waals surface area (Å²) in [4.78, 5) is 27.0. The zero-order valence-corrected chi connectivity index (χ0v) is 18.7. The molecule has 0 bridgehead atoms. The first kappa shape index (κ1) is 22.6. The van der Waals surface area contributed by atoms with Gasteiger partial charge in [0.05, 0.1) is 18.7 Å². The molecule has 32 heavy (non-hydrogen) atoms. The summed E-state index contributed by atoms with van der Waals surface area (Å²) in [5.41, 5.74) is 2.86. The van der Waals surface area contributed by atoms with Crippen LogP contribution in [0, 0.1) is 0 Å². The molecular weight excluding hydrogens is 406 g/mol. The maximum absolute atomic E-state index is 12.8. The third-order valence-electron chi connectivity index (χ3n) is 6.81. The predicted octanol–water partition coefficient (Wildman–Crippen LogP) is 2.65. The molecule has 0 aromatic heterocycles. The van der Waals surface area contributed by atoms with Crippen molar-refractivity contribution >= 4 is 17.4 Å². The largest absolute Gasteiger partial charge is 0.508 e. The fourth-order valence-electron chi connectivity index (χ4n) is 5.07. The number of likely N-dealkylation sites (tertiary alicyclic amines) is 1. The Kier molecular flexibility index (Phi) is 6.67. The lowest BCUT2D eigenvalue weighted by molar-refractivity contribution is -0.123. The number of benzene rings is 1. The molecule has 1 heterocycles. The molecule has 1 aromatic rings. The number of ketones is 1. The summed E-state index contributed by atoms with van der Waals surface area (Å²) >= 11 is 0. The van der Waals surface area contributed by atoms with Crippen LogP contribution in [-0.2, 0) is 16.2 Å². The zero-order chi connectivity index (χ0) is 22.7. The van der Waals surface area contributed by atoms with Crippen molar-refractivity contribution < 1.29 is 19.8 Å². The second-order valence-corrected chi connectivity index (χ2v) is 9.43. The third-order valence-corrected chi connectivity index (χ3v) is 6.81. The van der Waals surface area contributed by atoms with Gasteiger partial charge in [0, 0.05) is 42.4 Å². The van der Waals surface area contributed by atoms with Crippen LogP contribution in [0.2, 0.25) is 0 Å². The fraction of sp³-hybridized carbons (Fsp3) is 0.520. The van der Waals surface area contributed by atoms with Crippen LogP contribution in [0.15, 0.2) is 41.5 Å². The second kappa shape index (κ2) is 9.46. The number of nitrogens with one attached hydrogen (secondary N) is 2. The number of aliphatic hydroxyl groups excluding tert-OH is 1. The van der Waals surface area contributed by atoms with E-state index >= 15 is 0 Å². The van der Waals surface area contributed by atoms with Gasteiger partial charge in [-0.05, 0) is 51.2 Å². The molecular formula is C25H33N3O4. The van der Waals surface area contributed by atoms with E-state index in [4.69, 9.17) is 0 Å². The molecule has 4 N–H and O–H groups in total. The molecule has 0 spiro atoms. The van der Waals surface area contributed by atoms with Crippen molar-refractivity contribution in [1.82, 2.24) is 10.2 Å². The lowest BCUT2D eigenvalue weighted by atomic mass is 9.78. The Morgan fingerprint density at radius 1 is 1.25 bits per heavy atom. The highest BCUT2D eigenvalue weighted by molar-refractivity contribution is 6.00. The summed E-state index contributed by atoms with van der Waals surface area (Å²) in [5.74, 6) is 0.326. The van der Waals surface area contributed by atoms with Crippen molar-refractivity contribution in [1.29, 1.82) is 0 Å². The van der Waals surface area contributed by atoms with Gasteiger partial charge in [-0.2, -0.15) is 0 Å². The van der Waals surface area contributed by atoms with Crippen LogP contribution in [0.5, 0.6) is 5.75 Å². The summed E-state index contributed by atoms with van der Waals surface area (Å²) in [7, 11) is 0. The molecule has 3 aliphatic rings. The lowest BCUT2D eigenvalue weighted by Crippen LogP contribution is -2.51. The van der Waals surface area contributed by atoms with E-state index in [0.29, 0.717) is 24.9 Å². The number of carbonyl (C=O) groups excluding carboxylic acids is 2. The van der Waals surface area contributed by atoms with Gasteiger partial charge in [-0.1, -0.05) is 23.8 Å². The van der Waals surface area contributed by atoms with Crippen molar-refractivity contribution in [2.45, 2.75) is 63.6 Å². The molecule has 2 aliphatic carbocycles. The number of carbonyl (C=O) groups is 2. The van der Waals surface area contributed by atoms with Gasteiger partial charge in [-0.25, -0.2) is 0 Å². The molecule has 7 nitrogen and oxygen atoms in total. The van der Waals surface area contributed by atoms with Gasteiger partial charge in [0.2, 0.25) is 5.91 Å². The number of hydrogen-bond acceptors (Lipinski definition) is 6. The van der Waals surface area contributed by atoms with Gasteiger partial charge in [0.15, 0.2) is 5.78 Å². The van der Waals surface area contributed by atoms with E-state index in [9.17, 15) is 19.8 Å². The SMILES string of the molecule is CC1(NC(=O)CN2CCC(Nc3cccc(O)c3CO)CC2)C=CC2=C(CCCC2=O)C1. The highest BCUT2D eigenvalue weighted by Gasteiger charge is 2.32. The lowest BCUT2D eigenvalue weighted by Gasteiger charge is -2.36. The Hall–Kier alpha value is -2.64. The average Bonchev–Trinajstić information content (AvgIpc) is 2.75. The minimum Gasteiger partial charge on any atom is -0.508 e. The van der Waals surface area contributed by atoms with E-state index in [1.807, 2.05) is 25.1 Å². The number of anilines is 1. The maximum atomic E-state index is 12.8. The number of allylic oxidation sites excluding steroid dienone is 2. The van der Waals surface area contributed by atoms with Gasteiger partial charge >= 0.3 is 0 Å². The standard InChI is InChI=1S/C25H33N3O4/c1-25(11-8-19-17(14-25)4-2-6-22(19)30)27-24(32)15-28-12-9-18(10-13-28)26-21-5-3-7-23(31)20(21)16-29/h3,5,7-8,11,18,26,29,31H,2,4,6,9-10,12-16H2,1H3,(H,27,32). The van der Waals surface area contributed by atoms with Crippen LogP contribution in [-0.4, -0.2) is 58.0 Å². The highest BCUT2D eigenvalue weighted by Crippen LogP contribution is 2.34. The molecule has 1 unspecified atom stereocenters. The Morgan fingerprint density at radius 3 is 2.78 bits per heavy atom. The molecule has 1 saturated heterocycles. The van der Waals surface area contributed by atoms with E-state index < -0.39 is 5.54 Å². The molecule has 1 aromatic carbocycles. The number of nitrogens with zero attached hydrogens (tertiary/aromatic N) is 1. The molecule has 1 atom stereocenters. The van der Waals surface area contributed by atoms with Crippen molar-refractivity contribution in [3.63, 3.8) is 0 Å². The number of rotatable bonds is 6. The summed E-state index contributed by atoms with van der Waals surface area (Å²) in [6.45, 7) is 3.76. The highest BCUT2D eigenvalue weighted by atomic mass is 16.3. The topological polar surface area (TPSA) is 102 Å². The van der Waals surface area contributed by atoms with Gasteiger partial charge in [-0.3, -0.25) is 14.5 Å². The quantitative estimate of drug-likeness (QED) is 0.544. The number of phenols is 1. The van der Waals surface area contributed by atoms with E-state index in [2.05, 4.69) is 15.5 Å². The van der Waals surface area contributed by atoms with Gasteiger partial charge < -0.3 is 20.8 Å². The average molecular weight is 440 g/mol. The number of Topliss-reactive ketones (excluding diaryl/α,β-unsaturated/α-hetero) is 1. The Labute approximate surface area is 189 Å². The summed E-state index contributed by atoms with van der Waals surface area (Å²) in [6, 6.07) is 5.43. The van der Waals surface area contributed by atoms with Crippen molar-refractivity contribution in [2.75, 3.05) is 25.0 Å². The third kappa shape index (κ3) is 5.05. The Balaban J connectivity index is 1.26. The van der Waals surface area contributed by atoms with E-state index in [-0.39, 0.29) is 30.1 Å². The van der Waals surface area contributed by atoms with Crippen molar-refractivity contribution in [3.8, 4) is 5.75 Å². The molecule has 4 rings (SSSR count). The first-order chi connectivity index (χ1) is 15.4. The molecule has 1 amide bonds. The molecule has 172 valence electrons. The summed E-state index contributed by atoms with van der Waals surface area (Å²) < 4.78 is 0. The van der Waals surface area contributed by atoms with Crippen LogP contribution >= 0.6 is 0 Å². The summed E-state index contributed by atoms with van der Waals surface area (Å²) in [5, 5.41) is 26.0. The number of aromatic hydroxyl groups is 1. The minimum atomic E-state index is -0.441. The molecule has 1 fully saturated rings.